The van der Waals surface area contributed by atoms with E-state index < -0.39 is 11.5 Å². The first-order valence-corrected chi connectivity index (χ1v) is 8.57. The van der Waals surface area contributed by atoms with Gasteiger partial charge in [0.1, 0.15) is 17.1 Å². The molecule has 1 amide bonds. The van der Waals surface area contributed by atoms with E-state index in [2.05, 4.69) is 10.3 Å². The number of hydrogen-bond acceptors (Lipinski definition) is 5. The molecule has 27 heavy (non-hydrogen) atoms. The van der Waals surface area contributed by atoms with E-state index in [0.29, 0.717) is 41.3 Å². The number of carbonyl (C=O) groups is 2. The maximum Gasteiger partial charge on any atom is 0.261 e. The number of nitrogens with one attached hydrogen (secondary N) is 2. The molecule has 2 aromatic rings. The fourth-order valence-electron chi connectivity index (χ4n) is 3.29. The largest absolute Gasteiger partial charge is 0.497 e. The van der Waals surface area contributed by atoms with Gasteiger partial charge in [0.25, 0.3) is 11.5 Å². The molecule has 0 radical (unpaired) electrons. The first-order chi connectivity index (χ1) is 12.7. The maximum atomic E-state index is 12.6. The Morgan fingerprint density at radius 2 is 1.85 bits per heavy atom. The standard InChI is InChI=1S/C20H22N2O5/c1-20(2)9-15-12(16(23)10-20)8-13(19(25)22-15)18(24)21-14-6-5-11(26-3)7-17(14)27-4/h5-8H,9-10H2,1-4H3,(H,21,24)(H,22,25). The zero-order chi connectivity index (χ0) is 19.8. The molecule has 1 aromatic heterocycles. The third-order valence-electron chi connectivity index (χ3n) is 4.62. The molecule has 7 nitrogen and oxygen atoms in total. The first kappa shape index (κ1) is 18.7. The monoisotopic (exact) mass is 370 g/mol. The van der Waals surface area contributed by atoms with Gasteiger partial charge in [-0.05, 0) is 30.0 Å². The molecule has 0 spiro atoms. The number of ether oxygens (including phenoxy) is 2. The highest BCUT2D eigenvalue weighted by Crippen LogP contribution is 2.33. The molecule has 0 unspecified atom stereocenters. The number of Topliss-reactive ketones (excluding diaryl/α,β-unsaturated/α-hetero) is 1. The van der Waals surface area contributed by atoms with Crippen LogP contribution in [-0.4, -0.2) is 30.9 Å². The van der Waals surface area contributed by atoms with E-state index in [4.69, 9.17) is 9.47 Å². The summed E-state index contributed by atoms with van der Waals surface area (Å²) < 4.78 is 10.4. The van der Waals surface area contributed by atoms with Crippen molar-refractivity contribution in [1.29, 1.82) is 0 Å². The number of anilines is 1. The molecule has 0 bridgehead atoms. The van der Waals surface area contributed by atoms with Crippen LogP contribution in [0.5, 0.6) is 11.5 Å². The number of benzene rings is 1. The van der Waals surface area contributed by atoms with Crippen LogP contribution >= 0.6 is 0 Å². The fourth-order valence-corrected chi connectivity index (χ4v) is 3.29. The number of H-pyrrole nitrogens is 1. The van der Waals surface area contributed by atoms with E-state index >= 15 is 0 Å². The molecular weight excluding hydrogens is 348 g/mol. The fraction of sp³-hybridized carbons (Fsp3) is 0.350. The summed E-state index contributed by atoms with van der Waals surface area (Å²) >= 11 is 0. The third-order valence-corrected chi connectivity index (χ3v) is 4.62. The van der Waals surface area contributed by atoms with Gasteiger partial charge in [0.2, 0.25) is 0 Å². The van der Waals surface area contributed by atoms with E-state index in [-0.39, 0.29) is 16.8 Å². The summed E-state index contributed by atoms with van der Waals surface area (Å²) in [6.45, 7) is 3.95. The predicted octanol–water partition coefficient (Wildman–Crippen LogP) is 2.80. The van der Waals surface area contributed by atoms with Crippen LogP contribution in [0.15, 0.2) is 29.1 Å². The van der Waals surface area contributed by atoms with Gasteiger partial charge in [0.15, 0.2) is 5.78 Å². The minimum atomic E-state index is -0.611. The Morgan fingerprint density at radius 1 is 1.11 bits per heavy atom. The molecule has 0 aliphatic heterocycles. The highest BCUT2D eigenvalue weighted by atomic mass is 16.5. The molecule has 142 valence electrons. The lowest BCUT2D eigenvalue weighted by atomic mass is 9.75. The summed E-state index contributed by atoms with van der Waals surface area (Å²) in [5.74, 6) is 0.285. The lowest BCUT2D eigenvalue weighted by Gasteiger charge is -2.29. The number of aromatic amines is 1. The van der Waals surface area contributed by atoms with E-state index in [0.717, 1.165) is 0 Å². The molecule has 0 atom stereocenters. The van der Waals surface area contributed by atoms with Crippen molar-refractivity contribution < 1.29 is 19.1 Å². The number of amides is 1. The van der Waals surface area contributed by atoms with E-state index in [1.54, 1.807) is 18.2 Å². The van der Waals surface area contributed by atoms with Gasteiger partial charge in [-0.1, -0.05) is 13.8 Å². The van der Waals surface area contributed by atoms with Gasteiger partial charge in [0.05, 0.1) is 19.9 Å². The Balaban J connectivity index is 1.94. The van der Waals surface area contributed by atoms with Crippen LogP contribution in [0.1, 0.15) is 46.7 Å². The molecular formula is C20H22N2O5. The van der Waals surface area contributed by atoms with Crippen molar-refractivity contribution in [2.45, 2.75) is 26.7 Å². The van der Waals surface area contributed by atoms with Gasteiger partial charge in [-0.25, -0.2) is 0 Å². The zero-order valence-corrected chi connectivity index (χ0v) is 15.8. The summed E-state index contributed by atoms with van der Waals surface area (Å²) in [6.07, 6.45) is 0.955. The van der Waals surface area contributed by atoms with Crippen LogP contribution in [-0.2, 0) is 6.42 Å². The third kappa shape index (κ3) is 3.72. The second-order valence-electron chi connectivity index (χ2n) is 7.37. The van der Waals surface area contributed by atoms with E-state index in [1.165, 1.54) is 20.3 Å². The normalized spacial score (nSPS) is 15.0. The molecule has 1 heterocycles. The van der Waals surface area contributed by atoms with Gasteiger partial charge < -0.3 is 19.8 Å². The Kier molecular flexibility index (Phi) is 4.78. The molecule has 0 saturated heterocycles. The number of hydrogen-bond donors (Lipinski definition) is 2. The molecule has 0 saturated carbocycles. The van der Waals surface area contributed by atoms with Crippen LogP contribution in [0.2, 0.25) is 0 Å². The molecule has 1 aliphatic rings. The molecule has 1 aromatic carbocycles. The Hall–Kier alpha value is -3.09. The Bertz CT molecular complexity index is 975. The van der Waals surface area contributed by atoms with Gasteiger partial charge in [-0.2, -0.15) is 0 Å². The minimum absolute atomic E-state index is 0.0754. The lowest BCUT2D eigenvalue weighted by molar-refractivity contribution is 0.0910. The zero-order valence-electron chi connectivity index (χ0n) is 15.8. The predicted molar refractivity (Wildman–Crippen MR) is 101 cm³/mol. The lowest BCUT2D eigenvalue weighted by Crippen LogP contribution is -2.32. The van der Waals surface area contributed by atoms with E-state index in [9.17, 15) is 14.4 Å². The number of aromatic nitrogens is 1. The van der Waals surface area contributed by atoms with Crippen LogP contribution in [0.4, 0.5) is 5.69 Å². The number of fused-ring (bicyclic) bond motifs is 1. The number of pyridine rings is 1. The smallest absolute Gasteiger partial charge is 0.261 e. The number of ketones is 1. The average Bonchev–Trinajstić information content (AvgIpc) is 2.60. The number of carbonyl (C=O) groups excluding carboxylic acids is 2. The Morgan fingerprint density at radius 3 is 2.52 bits per heavy atom. The van der Waals surface area contributed by atoms with E-state index in [1.807, 2.05) is 13.8 Å². The highest BCUT2D eigenvalue weighted by molar-refractivity contribution is 6.07. The SMILES string of the molecule is COc1ccc(NC(=O)c2cc3c([nH]c2=O)CC(C)(C)CC3=O)c(OC)c1. The van der Waals surface area contributed by atoms with Crippen molar-refractivity contribution in [3.05, 3.63) is 51.4 Å². The summed E-state index contributed by atoms with van der Waals surface area (Å²) in [4.78, 5) is 40.2. The summed E-state index contributed by atoms with van der Waals surface area (Å²) in [7, 11) is 2.99. The molecule has 0 fully saturated rings. The minimum Gasteiger partial charge on any atom is -0.497 e. The van der Waals surface area contributed by atoms with Crippen LogP contribution < -0.4 is 20.3 Å². The van der Waals surface area contributed by atoms with Crippen molar-refractivity contribution in [2.24, 2.45) is 5.41 Å². The van der Waals surface area contributed by atoms with Crippen molar-refractivity contribution in [2.75, 3.05) is 19.5 Å². The van der Waals surface area contributed by atoms with Gasteiger partial charge >= 0.3 is 0 Å². The molecule has 2 N–H and O–H groups in total. The van der Waals surface area contributed by atoms with Crippen molar-refractivity contribution in [1.82, 2.24) is 4.98 Å². The van der Waals surface area contributed by atoms with Crippen molar-refractivity contribution in [3.63, 3.8) is 0 Å². The number of methoxy groups -OCH3 is 2. The van der Waals surface area contributed by atoms with Crippen molar-refractivity contribution in [3.8, 4) is 11.5 Å². The Labute approximate surface area is 156 Å². The molecule has 1 aliphatic carbocycles. The highest BCUT2D eigenvalue weighted by Gasteiger charge is 2.32. The summed E-state index contributed by atoms with van der Waals surface area (Å²) in [6, 6.07) is 6.30. The van der Waals surface area contributed by atoms with Gasteiger partial charge in [-0.15, -0.1) is 0 Å². The van der Waals surface area contributed by atoms with Crippen LogP contribution in [0, 0.1) is 5.41 Å². The second kappa shape index (κ2) is 6.90. The van der Waals surface area contributed by atoms with Crippen LogP contribution in [0.25, 0.3) is 0 Å². The quantitative estimate of drug-likeness (QED) is 0.862. The summed E-state index contributed by atoms with van der Waals surface area (Å²) in [5.41, 5.74) is 0.533. The molecule has 7 heteroatoms. The second-order valence-corrected chi connectivity index (χ2v) is 7.37. The first-order valence-electron chi connectivity index (χ1n) is 8.57. The topological polar surface area (TPSA) is 97.5 Å². The van der Waals surface area contributed by atoms with Crippen LogP contribution in [0.3, 0.4) is 0 Å². The van der Waals surface area contributed by atoms with Crippen molar-refractivity contribution >= 4 is 17.4 Å². The molecule has 3 rings (SSSR count). The average molecular weight is 370 g/mol. The summed E-state index contributed by atoms with van der Waals surface area (Å²) in [5, 5.41) is 2.66. The number of rotatable bonds is 4. The van der Waals surface area contributed by atoms with Gasteiger partial charge in [-0.3, -0.25) is 14.4 Å². The maximum absolute atomic E-state index is 12.6. The van der Waals surface area contributed by atoms with Gasteiger partial charge in [0, 0.05) is 23.7 Å².